The molecule has 0 saturated carbocycles. The molecule has 0 fully saturated rings. The molecule has 1 atom stereocenters. The molecule has 1 amide bonds. The molecular weight excluding hydrogens is 206 g/mol. The van der Waals surface area contributed by atoms with Gasteiger partial charge in [0.05, 0.1) is 0 Å². The first-order valence-corrected chi connectivity index (χ1v) is 4.86. The van der Waals surface area contributed by atoms with Gasteiger partial charge in [-0.05, 0) is 18.6 Å². The number of carboxylic acids is 1. The molecule has 84 valence electrons. The van der Waals surface area contributed by atoms with Crippen molar-refractivity contribution < 1.29 is 14.7 Å². The van der Waals surface area contributed by atoms with Gasteiger partial charge in [0.2, 0.25) is 5.91 Å². The number of carbonyl (C=O) groups is 2. The lowest BCUT2D eigenvalue weighted by Crippen LogP contribution is -2.37. The minimum atomic E-state index is -1.05. The molecule has 0 aliphatic carbocycles. The summed E-state index contributed by atoms with van der Waals surface area (Å²) in [5.74, 6) is -1.47. The largest absolute Gasteiger partial charge is 0.480 e. The highest BCUT2D eigenvalue weighted by Crippen LogP contribution is 2.00. The maximum absolute atomic E-state index is 11.3. The fourth-order valence-electron chi connectivity index (χ4n) is 1.06. The van der Waals surface area contributed by atoms with Crippen LogP contribution in [0.2, 0.25) is 0 Å². The SMILES string of the molecule is C[C@@H](NC(=O)/C=C\c1ccccc1)C(=O)O. The van der Waals surface area contributed by atoms with E-state index in [0.29, 0.717) is 0 Å². The van der Waals surface area contributed by atoms with E-state index in [1.807, 2.05) is 30.3 Å². The molecule has 4 heteroatoms. The lowest BCUT2D eigenvalue weighted by atomic mass is 10.2. The summed E-state index contributed by atoms with van der Waals surface area (Å²) in [5.41, 5.74) is 0.889. The summed E-state index contributed by atoms with van der Waals surface area (Å²) in [6.45, 7) is 1.41. The van der Waals surface area contributed by atoms with Crippen LogP contribution in [-0.4, -0.2) is 23.0 Å². The standard InChI is InChI=1S/C12H13NO3/c1-9(12(15)16)13-11(14)8-7-10-5-3-2-4-6-10/h2-9H,1H3,(H,13,14)(H,15,16)/b8-7-/t9-/m1/s1. The maximum atomic E-state index is 11.3. The minimum absolute atomic E-state index is 0.418. The van der Waals surface area contributed by atoms with Crippen LogP contribution in [0.5, 0.6) is 0 Å². The molecule has 4 nitrogen and oxygen atoms in total. The van der Waals surface area contributed by atoms with E-state index in [4.69, 9.17) is 5.11 Å². The van der Waals surface area contributed by atoms with E-state index in [1.54, 1.807) is 6.08 Å². The number of rotatable bonds is 4. The van der Waals surface area contributed by atoms with Crippen LogP contribution in [0.25, 0.3) is 6.08 Å². The van der Waals surface area contributed by atoms with Crippen molar-refractivity contribution in [1.29, 1.82) is 0 Å². The molecule has 1 rings (SSSR count). The quantitative estimate of drug-likeness (QED) is 0.750. The van der Waals surface area contributed by atoms with Gasteiger partial charge in [-0.25, -0.2) is 0 Å². The van der Waals surface area contributed by atoms with E-state index in [0.717, 1.165) is 5.56 Å². The Bertz CT molecular complexity index is 398. The Balaban J connectivity index is 2.52. The normalized spacial score (nSPS) is 12.3. The third-order valence-electron chi connectivity index (χ3n) is 1.96. The van der Waals surface area contributed by atoms with Gasteiger partial charge in [-0.1, -0.05) is 30.3 Å². The van der Waals surface area contributed by atoms with E-state index < -0.39 is 17.9 Å². The molecule has 0 heterocycles. The Morgan fingerprint density at radius 3 is 2.50 bits per heavy atom. The summed E-state index contributed by atoms with van der Waals surface area (Å²) in [6, 6.07) is 8.42. The summed E-state index contributed by atoms with van der Waals surface area (Å²) >= 11 is 0. The van der Waals surface area contributed by atoms with Crippen LogP contribution >= 0.6 is 0 Å². The van der Waals surface area contributed by atoms with E-state index in [-0.39, 0.29) is 0 Å². The zero-order valence-electron chi connectivity index (χ0n) is 8.88. The Kier molecular flexibility index (Phi) is 4.27. The van der Waals surface area contributed by atoms with Crippen LogP contribution in [0, 0.1) is 0 Å². The molecule has 0 aliphatic heterocycles. The molecule has 0 saturated heterocycles. The monoisotopic (exact) mass is 219 g/mol. The lowest BCUT2D eigenvalue weighted by Gasteiger charge is -2.05. The van der Waals surface area contributed by atoms with Crippen molar-refractivity contribution in [2.45, 2.75) is 13.0 Å². The second-order valence-corrected chi connectivity index (χ2v) is 3.31. The smallest absolute Gasteiger partial charge is 0.325 e. The lowest BCUT2D eigenvalue weighted by molar-refractivity contribution is -0.140. The zero-order chi connectivity index (χ0) is 12.0. The fraction of sp³-hybridized carbons (Fsp3) is 0.167. The number of carbonyl (C=O) groups excluding carboxylic acids is 1. The zero-order valence-corrected chi connectivity index (χ0v) is 8.88. The van der Waals surface area contributed by atoms with Gasteiger partial charge in [0.1, 0.15) is 6.04 Å². The van der Waals surface area contributed by atoms with Crippen LogP contribution in [0.3, 0.4) is 0 Å². The van der Waals surface area contributed by atoms with Crippen LogP contribution in [0.15, 0.2) is 36.4 Å². The van der Waals surface area contributed by atoms with E-state index >= 15 is 0 Å². The second kappa shape index (κ2) is 5.70. The number of aliphatic carboxylic acids is 1. The molecule has 2 N–H and O–H groups in total. The highest BCUT2D eigenvalue weighted by molar-refractivity contribution is 5.94. The number of amides is 1. The molecule has 1 aromatic carbocycles. The predicted octanol–water partition coefficient (Wildman–Crippen LogP) is 1.29. The van der Waals surface area contributed by atoms with Gasteiger partial charge >= 0.3 is 5.97 Å². The molecule has 1 aromatic rings. The highest BCUT2D eigenvalue weighted by Gasteiger charge is 2.11. The van der Waals surface area contributed by atoms with Crippen LogP contribution in [0.4, 0.5) is 0 Å². The predicted molar refractivity (Wildman–Crippen MR) is 60.7 cm³/mol. The van der Waals surface area contributed by atoms with Gasteiger partial charge in [0.15, 0.2) is 0 Å². The molecule has 0 unspecified atom stereocenters. The summed E-state index contributed by atoms with van der Waals surface area (Å²) in [4.78, 5) is 21.7. The number of benzene rings is 1. The van der Waals surface area contributed by atoms with Crippen LogP contribution < -0.4 is 5.32 Å². The molecule has 16 heavy (non-hydrogen) atoms. The van der Waals surface area contributed by atoms with Crippen molar-refractivity contribution >= 4 is 18.0 Å². The van der Waals surface area contributed by atoms with Crippen molar-refractivity contribution in [3.8, 4) is 0 Å². The molecule has 0 aliphatic rings. The minimum Gasteiger partial charge on any atom is -0.480 e. The molecule has 0 aromatic heterocycles. The second-order valence-electron chi connectivity index (χ2n) is 3.31. The first kappa shape index (κ1) is 12.0. The highest BCUT2D eigenvalue weighted by atomic mass is 16.4. The molecular formula is C12H13NO3. The van der Waals surface area contributed by atoms with Gasteiger partial charge < -0.3 is 10.4 Å². The van der Waals surface area contributed by atoms with Crippen molar-refractivity contribution in [3.63, 3.8) is 0 Å². The first-order valence-electron chi connectivity index (χ1n) is 4.86. The van der Waals surface area contributed by atoms with Gasteiger partial charge in [0, 0.05) is 6.08 Å². The fourth-order valence-corrected chi connectivity index (χ4v) is 1.06. The van der Waals surface area contributed by atoms with Crippen molar-refractivity contribution in [2.75, 3.05) is 0 Å². The van der Waals surface area contributed by atoms with Gasteiger partial charge in [0.25, 0.3) is 0 Å². The number of carboxylic acid groups (broad SMARTS) is 1. The maximum Gasteiger partial charge on any atom is 0.325 e. The summed E-state index contributed by atoms with van der Waals surface area (Å²) in [5, 5.41) is 10.9. The average molecular weight is 219 g/mol. The molecule has 0 spiro atoms. The van der Waals surface area contributed by atoms with E-state index in [1.165, 1.54) is 13.0 Å². The summed E-state index contributed by atoms with van der Waals surface area (Å²) in [6.07, 6.45) is 2.94. The third-order valence-corrected chi connectivity index (χ3v) is 1.96. The number of hydrogen-bond acceptors (Lipinski definition) is 2. The Morgan fingerprint density at radius 2 is 1.94 bits per heavy atom. The van der Waals surface area contributed by atoms with Crippen molar-refractivity contribution in [1.82, 2.24) is 5.32 Å². The molecule has 0 radical (unpaired) electrons. The summed E-state index contributed by atoms with van der Waals surface area (Å²) in [7, 11) is 0. The summed E-state index contributed by atoms with van der Waals surface area (Å²) < 4.78 is 0. The Hall–Kier alpha value is -2.10. The first-order chi connectivity index (χ1) is 7.59. The molecule has 0 bridgehead atoms. The number of hydrogen-bond donors (Lipinski definition) is 2. The van der Waals surface area contributed by atoms with Crippen molar-refractivity contribution in [2.24, 2.45) is 0 Å². The van der Waals surface area contributed by atoms with Gasteiger partial charge in [-0.2, -0.15) is 0 Å². The van der Waals surface area contributed by atoms with E-state index in [2.05, 4.69) is 5.32 Å². The Morgan fingerprint density at radius 1 is 1.31 bits per heavy atom. The average Bonchev–Trinajstić information content (AvgIpc) is 2.27. The van der Waals surface area contributed by atoms with Crippen molar-refractivity contribution in [3.05, 3.63) is 42.0 Å². The van der Waals surface area contributed by atoms with Crippen LogP contribution in [0.1, 0.15) is 12.5 Å². The number of nitrogens with one attached hydrogen (secondary N) is 1. The van der Waals surface area contributed by atoms with Gasteiger partial charge in [-0.15, -0.1) is 0 Å². The van der Waals surface area contributed by atoms with E-state index in [9.17, 15) is 9.59 Å². The topological polar surface area (TPSA) is 66.4 Å². The van der Waals surface area contributed by atoms with Crippen LogP contribution in [-0.2, 0) is 9.59 Å². The Labute approximate surface area is 93.6 Å². The third kappa shape index (κ3) is 3.96. The van der Waals surface area contributed by atoms with Gasteiger partial charge in [-0.3, -0.25) is 9.59 Å².